The van der Waals surface area contributed by atoms with Gasteiger partial charge in [0.1, 0.15) is 0 Å². The van der Waals surface area contributed by atoms with E-state index in [-0.39, 0.29) is 11.9 Å². The molecule has 78 valence electrons. The summed E-state index contributed by atoms with van der Waals surface area (Å²) in [5.41, 5.74) is 5.59. The summed E-state index contributed by atoms with van der Waals surface area (Å²) >= 11 is 0. The molecule has 0 aromatic rings. The van der Waals surface area contributed by atoms with E-state index in [0.717, 1.165) is 6.42 Å². The Kier molecular flexibility index (Phi) is 5.71. The monoisotopic (exact) mass is 186 g/mol. The van der Waals surface area contributed by atoms with Gasteiger partial charge in [-0.05, 0) is 19.3 Å². The van der Waals surface area contributed by atoms with Gasteiger partial charge in [-0.3, -0.25) is 4.79 Å². The van der Waals surface area contributed by atoms with Crippen LogP contribution in [0.15, 0.2) is 0 Å². The molecule has 0 saturated carbocycles. The van der Waals surface area contributed by atoms with Crippen LogP contribution in [-0.2, 0) is 4.79 Å². The van der Waals surface area contributed by atoms with Crippen LogP contribution in [-0.4, -0.2) is 30.4 Å². The van der Waals surface area contributed by atoms with Gasteiger partial charge < -0.3 is 10.6 Å². The normalized spacial score (nSPS) is 13.1. The molecule has 1 unspecified atom stereocenters. The van der Waals surface area contributed by atoms with Gasteiger partial charge >= 0.3 is 0 Å². The summed E-state index contributed by atoms with van der Waals surface area (Å²) in [5.74, 6) is 0.790. The summed E-state index contributed by atoms with van der Waals surface area (Å²) in [6.07, 6.45) is 1.60. The minimum atomic E-state index is 0.0630. The molecule has 0 aliphatic rings. The molecule has 1 amide bonds. The van der Waals surface area contributed by atoms with E-state index in [1.54, 1.807) is 4.90 Å². The van der Waals surface area contributed by atoms with Crippen molar-refractivity contribution in [1.82, 2.24) is 4.90 Å². The molecule has 0 aliphatic heterocycles. The van der Waals surface area contributed by atoms with Crippen LogP contribution in [0.1, 0.15) is 33.6 Å². The molecule has 0 aromatic carbocycles. The molecule has 0 rings (SSSR count). The number of rotatable bonds is 5. The molecule has 3 heteroatoms. The van der Waals surface area contributed by atoms with Gasteiger partial charge in [0.05, 0.1) is 0 Å². The summed E-state index contributed by atoms with van der Waals surface area (Å²) in [7, 11) is 1.81. The first kappa shape index (κ1) is 12.4. The number of carbonyl (C=O) groups excluding carboxylic acids is 1. The Morgan fingerprint density at radius 2 is 1.92 bits per heavy atom. The predicted octanol–water partition coefficient (Wildman–Crippen LogP) is 1.23. The third kappa shape index (κ3) is 6.58. The molecule has 0 spiro atoms. The Hall–Kier alpha value is -0.570. The van der Waals surface area contributed by atoms with E-state index in [1.807, 2.05) is 14.0 Å². The summed E-state index contributed by atoms with van der Waals surface area (Å²) in [6.45, 7) is 6.81. The van der Waals surface area contributed by atoms with E-state index in [9.17, 15) is 4.79 Å². The number of nitrogens with two attached hydrogens (primary N) is 1. The van der Waals surface area contributed by atoms with E-state index in [2.05, 4.69) is 13.8 Å². The average Bonchev–Trinajstić information content (AvgIpc) is 1.98. The Morgan fingerprint density at radius 3 is 2.31 bits per heavy atom. The first-order valence-corrected chi connectivity index (χ1v) is 4.93. The molecular weight excluding hydrogens is 164 g/mol. The smallest absolute Gasteiger partial charge is 0.222 e. The van der Waals surface area contributed by atoms with Crippen molar-refractivity contribution in [3.05, 3.63) is 0 Å². The summed E-state index contributed by atoms with van der Waals surface area (Å²) in [5, 5.41) is 0. The maximum Gasteiger partial charge on any atom is 0.222 e. The Bertz CT molecular complexity index is 155. The number of carbonyl (C=O) groups is 1. The first-order valence-electron chi connectivity index (χ1n) is 4.93. The quantitative estimate of drug-likeness (QED) is 0.702. The average molecular weight is 186 g/mol. The molecular formula is C10H22N2O. The fraction of sp³-hybridized carbons (Fsp3) is 0.900. The SMILES string of the molecule is CC(C)CCC(=O)N(C)CC(C)N. The summed E-state index contributed by atoms with van der Waals surface area (Å²) in [4.78, 5) is 13.2. The Labute approximate surface area is 81.3 Å². The highest BCUT2D eigenvalue weighted by atomic mass is 16.2. The third-order valence-electron chi connectivity index (χ3n) is 1.92. The van der Waals surface area contributed by atoms with Crippen molar-refractivity contribution < 1.29 is 4.79 Å². The molecule has 0 saturated heterocycles. The molecule has 0 fully saturated rings. The van der Waals surface area contributed by atoms with E-state index < -0.39 is 0 Å². The van der Waals surface area contributed by atoms with Gasteiger partial charge in [-0.25, -0.2) is 0 Å². The van der Waals surface area contributed by atoms with Crippen molar-refractivity contribution in [2.45, 2.75) is 39.7 Å². The highest BCUT2D eigenvalue weighted by Crippen LogP contribution is 2.05. The lowest BCUT2D eigenvalue weighted by molar-refractivity contribution is -0.130. The second-order valence-corrected chi connectivity index (χ2v) is 4.18. The maximum atomic E-state index is 11.5. The van der Waals surface area contributed by atoms with Gasteiger partial charge in [0.15, 0.2) is 0 Å². The van der Waals surface area contributed by atoms with Crippen LogP contribution in [0.4, 0.5) is 0 Å². The lowest BCUT2D eigenvalue weighted by Crippen LogP contribution is -2.36. The predicted molar refractivity (Wildman–Crippen MR) is 55.4 cm³/mol. The van der Waals surface area contributed by atoms with E-state index in [0.29, 0.717) is 18.9 Å². The van der Waals surface area contributed by atoms with Crippen molar-refractivity contribution >= 4 is 5.91 Å². The van der Waals surface area contributed by atoms with Crippen molar-refractivity contribution in [1.29, 1.82) is 0 Å². The first-order chi connectivity index (χ1) is 5.93. The minimum absolute atomic E-state index is 0.0630. The second kappa shape index (κ2) is 5.97. The zero-order valence-electron chi connectivity index (χ0n) is 9.21. The molecule has 3 nitrogen and oxygen atoms in total. The van der Waals surface area contributed by atoms with E-state index in [1.165, 1.54) is 0 Å². The van der Waals surface area contributed by atoms with Gasteiger partial charge in [-0.1, -0.05) is 13.8 Å². The van der Waals surface area contributed by atoms with E-state index in [4.69, 9.17) is 5.73 Å². The molecule has 0 aliphatic carbocycles. The number of hydrogen-bond donors (Lipinski definition) is 1. The van der Waals surface area contributed by atoms with Crippen molar-refractivity contribution in [2.75, 3.05) is 13.6 Å². The second-order valence-electron chi connectivity index (χ2n) is 4.18. The molecule has 2 N–H and O–H groups in total. The lowest BCUT2D eigenvalue weighted by atomic mass is 10.1. The van der Waals surface area contributed by atoms with Gasteiger partial charge in [-0.15, -0.1) is 0 Å². The highest BCUT2D eigenvalue weighted by molar-refractivity contribution is 5.75. The fourth-order valence-electron chi connectivity index (χ4n) is 1.14. The van der Waals surface area contributed by atoms with Crippen LogP contribution in [0.3, 0.4) is 0 Å². The Morgan fingerprint density at radius 1 is 1.38 bits per heavy atom. The molecule has 0 bridgehead atoms. The topological polar surface area (TPSA) is 46.3 Å². The standard InChI is InChI=1S/C10H22N2O/c1-8(2)5-6-10(13)12(4)7-9(3)11/h8-9H,5-7,11H2,1-4H3. The molecule has 1 atom stereocenters. The zero-order valence-corrected chi connectivity index (χ0v) is 9.21. The molecule has 0 aromatic heterocycles. The number of nitrogens with zero attached hydrogens (tertiary/aromatic N) is 1. The lowest BCUT2D eigenvalue weighted by Gasteiger charge is -2.19. The van der Waals surface area contributed by atoms with Crippen LogP contribution in [0, 0.1) is 5.92 Å². The van der Waals surface area contributed by atoms with Crippen LogP contribution in [0.2, 0.25) is 0 Å². The van der Waals surface area contributed by atoms with Crippen LogP contribution >= 0.6 is 0 Å². The third-order valence-corrected chi connectivity index (χ3v) is 1.92. The summed E-state index contributed by atoms with van der Waals surface area (Å²) in [6, 6.07) is 0.0630. The molecule has 0 heterocycles. The fourth-order valence-corrected chi connectivity index (χ4v) is 1.14. The molecule has 13 heavy (non-hydrogen) atoms. The number of amides is 1. The highest BCUT2D eigenvalue weighted by Gasteiger charge is 2.10. The van der Waals surface area contributed by atoms with Crippen molar-refractivity contribution in [2.24, 2.45) is 11.7 Å². The van der Waals surface area contributed by atoms with Gasteiger partial charge in [-0.2, -0.15) is 0 Å². The Balaban J connectivity index is 3.69. The van der Waals surface area contributed by atoms with Crippen LogP contribution < -0.4 is 5.73 Å². The minimum Gasteiger partial charge on any atom is -0.344 e. The largest absolute Gasteiger partial charge is 0.344 e. The number of likely N-dealkylation sites (N-methyl/N-ethyl adjacent to an activating group) is 1. The maximum absolute atomic E-state index is 11.5. The van der Waals surface area contributed by atoms with Gasteiger partial charge in [0.2, 0.25) is 5.91 Å². The number of hydrogen-bond acceptors (Lipinski definition) is 2. The summed E-state index contributed by atoms with van der Waals surface area (Å²) < 4.78 is 0. The molecule has 0 radical (unpaired) electrons. The van der Waals surface area contributed by atoms with Crippen LogP contribution in [0.5, 0.6) is 0 Å². The van der Waals surface area contributed by atoms with Crippen molar-refractivity contribution in [3.63, 3.8) is 0 Å². The zero-order chi connectivity index (χ0) is 10.4. The van der Waals surface area contributed by atoms with Crippen molar-refractivity contribution in [3.8, 4) is 0 Å². The van der Waals surface area contributed by atoms with Gasteiger partial charge in [0.25, 0.3) is 0 Å². The van der Waals surface area contributed by atoms with Crippen LogP contribution in [0.25, 0.3) is 0 Å². The van der Waals surface area contributed by atoms with E-state index >= 15 is 0 Å². The van der Waals surface area contributed by atoms with Gasteiger partial charge in [0, 0.05) is 26.1 Å².